The molecule has 0 amide bonds. The molecular formula is C35H35OSi2. The normalized spacial score (nSPS) is 11.8. The Morgan fingerprint density at radius 1 is 0.421 bits per heavy atom. The summed E-state index contributed by atoms with van der Waals surface area (Å²) < 4.78 is 8.16. The lowest BCUT2D eigenvalue weighted by molar-refractivity contribution is 0.575. The third-order valence-corrected chi connectivity index (χ3v) is 17.0. The van der Waals surface area contributed by atoms with E-state index in [9.17, 15) is 0 Å². The first-order chi connectivity index (χ1) is 18.8. The molecule has 0 saturated carbocycles. The Morgan fingerprint density at radius 2 is 0.737 bits per heavy atom. The molecular weight excluding hydrogens is 493 g/mol. The molecule has 1 nitrogen and oxygen atoms in total. The van der Waals surface area contributed by atoms with Crippen LogP contribution < -0.4 is 25.9 Å². The zero-order valence-corrected chi connectivity index (χ0v) is 23.9. The fraction of sp³-hybridized carbons (Fsp3) is 0.114. The van der Waals surface area contributed by atoms with E-state index >= 15 is 0 Å². The minimum absolute atomic E-state index is 0.937. The number of hydrogen-bond acceptors (Lipinski definition) is 1. The summed E-state index contributed by atoms with van der Waals surface area (Å²) in [6, 6.07) is 56.0. The van der Waals surface area contributed by atoms with E-state index in [4.69, 9.17) is 4.12 Å². The van der Waals surface area contributed by atoms with E-state index in [1.165, 1.54) is 25.9 Å². The molecule has 0 aliphatic carbocycles. The van der Waals surface area contributed by atoms with Gasteiger partial charge < -0.3 is 4.12 Å². The molecule has 0 aromatic heterocycles. The lowest BCUT2D eigenvalue weighted by atomic mass is 10.3. The highest BCUT2D eigenvalue weighted by atomic mass is 28.4. The average Bonchev–Trinajstić information content (AvgIpc) is 3.01. The largest absolute Gasteiger partial charge is 0.439 e. The van der Waals surface area contributed by atoms with Crippen molar-refractivity contribution >= 4 is 42.6 Å². The number of benzene rings is 5. The summed E-state index contributed by atoms with van der Waals surface area (Å²) in [6.45, 7) is 4.15. The van der Waals surface area contributed by atoms with Crippen molar-refractivity contribution in [1.82, 2.24) is 0 Å². The highest BCUT2D eigenvalue weighted by Crippen LogP contribution is 2.23. The van der Waals surface area contributed by atoms with Crippen molar-refractivity contribution in [3.63, 3.8) is 0 Å². The Bertz CT molecular complexity index is 1240. The van der Waals surface area contributed by atoms with Gasteiger partial charge in [0.05, 0.1) is 0 Å². The average molecular weight is 528 g/mol. The topological polar surface area (TPSA) is 9.23 Å². The lowest BCUT2D eigenvalue weighted by Gasteiger charge is -2.44. The SMILES string of the molecule is [CH2]CCCC[Si](O[Si](c1ccccc1)(c1ccccc1)c1ccccc1)(c1ccccc1)c1ccccc1. The van der Waals surface area contributed by atoms with E-state index in [1.54, 1.807) is 0 Å². The molecule has 5 aromatic rings. The second-order valence-electron chi connectivity index (χ2n) is 9.75. The van der Waals surface area contributed by atoms with Crippen LogP contribution in [0.1, 0.15) is 19.3 Å². The first-order valence-corrected chi connectivity index (χ1v) is 17.6. The molecule has 0 saturated heterocycles. The van der Waals surface area contributed by atoms with E-state index in [-0.39, 0.29) is 0 Å². The van der Waals surface area contributed by atoms with E-state index in [0.29, 0.717) is 0 Å². The van der Waals surface area contributed by atoms with Gasteiger partial charge in [0, 0.05) is 0 Å². The van der Waals surface area contributed by atoms with Gasteiger partial charge in [0.25, 0.3) is 8.32 Å². The van der Waals surface area contributed by atoms with Crippen LogP contribution in [0.4, 0.5) is 0 Å². The molecule has 38 heavy (non-hydrogen) atoms. The monoisotopic (exact) mass is 527 g/mol. The van der Waals surface area contributed by atoms with Gasteiger partial charge in [-0.25, -0.2) is 0 Å². The van der Waals surface area contributed by atoms with Gasteiger partial charge in [-0.05, 0) is 32.0 Å². The quantitative estimate of drug-likeness (QED) is 0.126. The van der Waals surface area contributed by atoms with E-state index < -0.39 is 16.6 Å². The number of rotatable bonds is 11. The Balaban J connectivity index is 1.85. The van der Waals surface area contributed by atoms with Crippen LogP contribution >= 0.6 is 0 Å². The fourth-order valence-corrected chi connectivity index (χ4v) is 16.5. The molecule has 3 heteroatoms. The van der Waals surface area contributed by atoms with Crippen LogP contribution in [-0.2, 0) is 4.12 Å². The summed E-state index contributed by atoms with van der Waals surface area (Å²) in [6.07, 6.45) is 3.11. The molecule has 0 aliphatic heterocycles. The standard InChI is InChI=1S/C35H35OSi2/c1-2-3-19-30-37(31-20-9-4-10-21-31,32-22-11-5-12-23-32)36-38(33-24-13-6-14-25-33,34-26-15-7-16-27-34)35-28-17-8-18-29-35/h4-18,20-29H,1-3,19,30H2. The van der Waals surface area contributed by atoms with Crippen LogP contribution in [0.3, 0.4) is 0 Å². The second-order valence-corrected chi connectivity index (χ2v) is 17.0. The second kappa shape index (κ2) is 12.4. The Hall–Kier alpha value is -3.51. The van der Waals surface area contributed by atoms with Crippen LogP contribution in [-0.4, -0.2) is 16.6 Å². The molecule has 0 atom stereocenters. The minimum Gasteiger partial charge on any atom is -0.439 e. The summed E-state index contributed by atoms with van der Waals surface area (Å²) >= 11 is 0. The maximum absolute atomic E-state index is 8.16. The molecule has 0 spiro atoms. The van der Waals surface area contributed by atoms with Gasteiger partial charge in [0.15, 0.2) is 0 Å². The highest BCUT2D eigenvalue weighted by molar-refractivity contribution is 7.14. The summed E-state index contributed by atoms with van der Waals surface area (Å²) in [5.74, 6) is 0. The predicted molar refractivity (Wildman–Crippen MR) is 167 cm³/mol. The van der Waals surface area contributed by atoms with Crippen molar-refractivity contribution in [2.24, 2.45) is 0 Å². The predicted octanol–water partition coefficient (Wildman–Crippen LogP) is 5.43. The van der Waals surface area contributed by atoms with E-state index in [2.05, 4.69) is 159 Å². The number of hydrogen-bond donors (Lipinski definition) is 0. The van der Waals surface area contributed by atoms with Gasteiger partial charge in [-0.2, -0.15) is 0 Å². The van der Waals surface area contributed by atoms with Gasteiger partial charge >= 0.3 is 0 Å². The first-order valence-electron chi connectivity index (χ1n) is 13.6. The van der Waals surface area contributed by atoms with Crippen LogP contribution in [0, 0.1) is 6.92 Å². The van der Waals surface area contributed by atoms with Crippen molar-refractivity contribution < 1.29 is 4.12 Å². The third kappa shape index (κ3) is 5.23. The zero-order valence-electron chi connectivity index (χ0n) is 21.9. The summed E-state index contributed by atoms with van der Waals surface area (Å²) in [5.41, 5.74) is 0. The van der Waals surface area contributed by atoms with Gasteiger partial charge in [-0.1, -0.05) is 178 Å². The Labute approximate surface area is 230 Å². The number of unbranched alkanes of at least 4 members (excludes halogenated alkanes) is 2. The summed E-state index contributed by atoms with van der Waals surface area (Å²) in [5, 5.41) is 6.49. The van der Waals surface area contributed by atoms with Gasteiger partial charge in [-0.3, -0.25) is 0 Å². The van der Waals surface area contributed by atoms with Crippen molar-refractivity contribution in [2.45, 2.75) is 25.3 Å². The zero-order chi connectivity index (χ0) is 26.1. The van der Waals surface area contributed by atoms with Crippen LogP contribution in [0.15, 0.2) is 152 Å². The van der Waals surface area contributed by atoms with Crippen LogP contribution in [0.5, 0.6) is 0 Å². The smallest absolute Gasteiger partial charge is 0.278 e. The molecule has 0 heterocycles. The van der Waals surface area contributed by atoms with Crippen molar-refractivity contribution in [3.05, 3.63) is 159 Å². The minimum atomic E-state index is -2.94. The molecule has 0 fully saturated rings. The highest BCUT2D eigenvalue weighted by Gasteiger charge is 2.51. The fourth-order valence-electron chi connectivity index (χ4n) is 5.55. The molecule has 0 unspecified atom stereocenters. The summed E-state index contributed by atoms with van der Waals surface area (Å²) in [4.78, 5) is 0. The van der Waals surface area contributed by atoms with Gasteiger partial charge in [-0.15, -0.1) is 0 Å². The molecule has 189 valence electrons. The van der Waals surface area contributed by atoms with Crippen LogP contribution in [0.25, 0.3) is 0 Å². The molecule has 5 rings (SSSR count). The Kier molecular flexibility index (Phi) is 8.49. The van der Waals surface area contributed by atoms with Crippen LogP contribution in [0.2, 0.25) is 6.04 Å². The summed E-state index contributed by atoms with van der Waals surface area (Å²) in [7, 11) is -5.67. The molecule has 0 aliphatic rings. The molecule has 0 N–H and O–H groups in total. The van der Waals surface area contributed by atoms with E-state index in [1.807, 2.05) is 0 Å². The van der Waals surface area contributed by atoms with Crippen molar-refractivity contribution in [1.29, 1.82) is 0 Å². The first kappa shape index (κ1) is 26.1. The maximum Gasteiger partial charge on any atom is 0.278 e. The van der Waals surface area contributed by atoms with Crippen molar-refractivity contribution in [2.75, 3.05) is 0 Å². The molecule has 1 radical (unpaired) electrons. The lowest BCUT2D eigenvalue weighted by Crippen LogP contribution is -2.77. The molecule has 0 bridgehead atoms. The van der Waals surface area contributed by atoms with Crippen molar-refractivity contribution in [3.8, 4) is 0 Å². The third-order valence-electron chi connectivity index (χ3n) is 7.38. The Morgan fingerprint density at radius 3 is 1.05 bits per heavy atom. The molecule has 5 aromatic carbocycles. The maximum atomic E-state index is 8.16. The van der Waals surface area contributed by atoms with E-state index in [0.717, 1.165) is 25.3 Å². The van der Waals surface area contributed by atoms with Gasteiger partial charge in [0.1, 0.15) is 0 Å². The van der Waals surface area contributed by atoms with Gasteiger partial charge in [0.2, 0.25) is 8.32 Å².